The van der Waals surface area contributed by atoms with Crippen molar-refractivity contribution in [3.05, 3.63) is 35.7 Å². The number of aromatic nitrogens is 1. The zero-order valence-electron chi connectivity index (χ0n) is 16.3. The van der Waals surface area contributed by atoms with Gasteiger partial charge in [-0.1, -0.05) is 13.3 Å². The van der Waals surface area contributed by atoms with Crippen molar-refractivity contribution in [2.75, 3.05) is 14.2 Å². The number of ether oxygens (including phenoxy) is 2. The molecule has 6 nitrogen and oxygen atoms in total. The number of fused-ring (bicyclic) bond motifs is 4. The molecule has 3 aliphatic heterocycles. The van der Waals surface area contributed by atoms with E-state index in [-0.39, 0.29) is 29.8 Å². The van der Waals surface area contributed by atoms with Crippen LogP contribution in [0, 0.1) is 11.8 Å². The number of hydrogen-bond donors (Lipinski definition) is 1. The molecule has 3 fully saturated rings. The molecule has 2 saturated heterocycles. The van der Waals surface area contributed by atoms with Crippen LogP contribution < -0.4 is 4.74 Å². The van der Waals surface area contributed by atoms with E-state index in [1.807, 2.05) is 35.4 Å². The Morgan fingerprint density at radius 1 is 1.36 bits per heavy atom. The van der Waals surface area contributed by atoms with E-state index >= 15 is 0 Å². The first-order valence-corrected chi connectivity index (χ1v) is 9.84. The molecule has 1 aromatic carbocycles. The van der Waals surface area contributed by atoms with Gasteiger partial charge in [-0.25, -0.2) is 0 Å². The maximum atomic E-state index is 13.3. The highest BCUT2D eigenvalue weighted by Gasteiger charge is 2.65. The molecule has 1 N–H and O–H groups in total. The number of amides is 1. The smallest absolute Gasteiger partial charge is 0.320 e. The Morgan fingerprint density at radius 3 is 2.89 bits per heavy atom. The Hall–Kier alpha value is -2.76. The van der Waals surface area contributed by atoms with Crippen LogP contribution in [0.5, 0.6) is 5.75 Å². The molecule has 1 aliphatic carbocycles. The average Bonchev–Trinajstić information content (AvgIpc) is 3.04. The lowest BCUT2D eigenvalue weighted by molar-refractivity contribution is -0.169. The number of carbonyl (C=O) groups is 2. The van der Waals surface area contributed by atoms with Gasteiger partial charge >= 0.3 is 5.97 Å². The van der Waals surface area contributed by atoms with Crippen molar-refractivity contribution in [3.8, 4) is 5.75 Å². The number of nitrogens with one attached hydrogen (secondary N) is 1. The largest absolute Gasteiger partial charge is 0.497 e. The fourth-order valence-electron chi connectivity index (χ4n) is 5.78. The molecule has 6 heteroatoms. The van der Waals surface area contributed by atoms with Gasteiger partial charge in [-0.3, -0.25) is 9.59 Å². The lowest BCUT2D eigenvalue weighted by Gasteiger charge is -2.56. The number of nitrogens with zero attached hydrogens (tertiary/aromatic N) is 1. The molecule has 4 bridgehead atoms. The van der Waals surface area contributed by atoms with Crippen LogP contribution in [0.15, 0.2) is 24.4 Å². The molecule has 4 atom stereocenters. The van der Waals surface area contributed by atoms with Crippen LogP contribution in [0.4, 0.5) is 0 Å². The van der Waals surface area contributed by atoms with Gasteiger partial charge < -0.3 is 19.4 Å². The molecule has 6 rings (SSSR count). The Bertz CT molecular complexity index is 1020. The number of rotatable bonds is 3. The summed E-state index contributed by atoms with van der Waals surface area (Å²) in [5.41, 5.74) is 1.88. The van der Waals surface area contributed by atoms with E-state index in [0.717, 1.165) is 40.8 Å². The fraction of sp³-hybridized carbons (Fsp3) is 0.455. The normalized spacial score (nSPS) is 30.3. The minimum atomic E-state index is -0.878. The first-order valence-electron chi connectivity index (χ1n) is 9.84. The van der Waals surface area contributed by atoms with E-state index in [9.17, 15) is 9.59 Å². The number of methoxy groups -OCH3 is 2. The molecule has 146 valence electrons. The van der Waals surface area contributed by atoms with Crippen molar-refractivity contribution in [2.24, 2.45) is 11.8 Å². The van der Waals surface area contributed by atoms with Crippen LogP contribution in [0.2, 0.25) is 0 Å². The van der Waals surface area contributed by atoms with Gasteiger partial charge in [0.25, 0.3) is 0 Å². The fourth-order valence-corrected chi connectivity index (χ4v) is 5.78. The van der Waals surface area contributed by atoms with E-state index < -0.39 is 5.41 Å². The van der Waals surface area contributed by atoms with E-state index in [1.54, 1.807) is 7.11 Å². The summed E-state index contributed by atoms with van der Waals surface area (Å²) < 4.78 is 10.8. The first kappa shape index (κ1) is 17.3. The highest BCUT2D eigenvalue weighted by atomic mass is 16.5. The highest BCUT2D eigenvalue weighted by Crippen LogP contribution is 2.56. The summed E-state index contributed by atoms with van der Waals surface area (Å²) in [5, 5.41) is 0.985. The van der Waals surface area contributed by atoms with Gasteiger partial charge in [0.05, 0.1) is 20.3 Å². The number of esters is 1. The number of piperidine rings is 2. The lowest BCUT2D eigenvalue weighted by Crippen LogP contribution is -2.68. The van der Waals surface area contributed by atoms with E-state index in [0.29, 0.717) is 6.42 Å². The van der Waals surface area contributed by atoms with Crippen LogP contribution in [0.1, 0.15) is 37.4 Å². The van der Waals surface area contributed by atoms with Crippen molar-refractivity contribution in [1.29, 1.82) is 0 Å². The molecule has 2 aromatic rings. The molecule has 4 heterocycles. The summed E-state index contributed by atoms with van der Waals surface area (Å²) >= 11 is 0. The predicted molar refractivity (Wildman–Crippen MR) is 105 cm³/mol. The first-order chi connectivity index (χ1) is 13.5. The second kappa shape index (κ2) is 5.87. The van der Waals surface area contributed by atoms with Crippen LogP contribution >= 0.6 is 0 Å². The second-order valence-electron chi connectivity index (χ2n) is 8.10. The summed E-state index contributed by atoms with van der Waals surface area (Å²) in [4.78, 5) is 31.7. The van der Waals surface area contributed by atoms with Gasteiger partial charge in [-0.15, -0.1) is 0 Å². The maximum absolute atomic E-state index is 13.3. The number of carbonyl (C=O) groups excluding carboxylic acids is 2. The molecule has 0 spiro atoms. The SMILES string of the molecule is CCC1CC2CC3(C(=O)OC)c4[nH]c5ccc(OC)cc5c4C=CN(C2=O)C13. The summed E-state index contributed by atoms with van der Waals surface area (Å²) in [7, 11) is 3.08. The van der Waals surface area contributed by atoms with Crippen LogP contribution in [-0.4, -0.2) is 42.0 Å². The van der Waals surface area contributed by atoms with Crippen molar-refractivity contribution in [3.63, 3.8) is 0 Å². The van der Waals surface area contributed by atoms with Gasteiger partial charge in [0.2, 0.25) is 5.91 Å². The van der Waals surface area contributed by atoms with Gasteiger partial charge in [0.1, 0.15) is 11.2 Å². The Morgan fingerprint density at radius 2 is 2.18 bits per heavy atom. The van der Waals surface area contributed by atoms with Gasteiger partial charge in [-0.05, 0) is 43.0 Å². The maximum Gasteiger partial charge on any atom is 0.320 e. The van der Waals surface area contributed by atoms with Crippen molar-refractivity contribution in [1.82, 2.24) is 9.88 Å². The average molecular weight is 380 g/mol. The van der Waals surface area contributed by atoms with E-state index in [4.69, 9.17) is 9.47 Å². The van der Waals surface area contributed by atoms with Gasteiger partial charge in [0.15, 0.2) is 0 Å². The minimum absolute atomic E-state index is 0.123. The summed E-state index contributed by atoms with van der Waals surface area (Å²) in [6.07, 6.45) is 6.09. The molecular formula is C22H24N2O4. The van der Waals surface area contributed by atoms with Crippen molar-refractivity contribution in [2.45, 2.75) is 37.6 Å². The summed E-state index contributed by atoms with van der Waals surface area (Å²) in [5.74, 6) is 0.711. The number of H-pyrrole nitrogens is 1. The van der Waals surface area contributed by atoms with E-state index in [2.05, 4.69) is 11.9 Å². The topological polar surface area (TPSA) is 71.6 Å². The summed E-state index contributed by atoms with van der Waals surface area (Å²) in [6, 6.07) is 5.63. The molecule has 1 aromatic heterocycles. The number of hydrogen-bond acceptors (Lipinski definition) is 4. The van der Waals surface area contributed by atoms with Crippen LogP contribution in [0.3, 0.4) is 0 Å². The van der Waals surface area contributed by atoms with Crippen LogP contribution in [0.25, 0.3) is 17.0 Å². The Labute approximate surface area is 163 Å². The van der Waals surface area contributed by atoms with Crippen molar-refractivity contribution < 1.29 is 19.1 Å². The quantitative estimate of drug-likeness (QED) is 0.830. The van der Waals surface area contributed by atoms with E-state index in [1.165, 1.54) is 7.11 Å². The summed E-state index contributed by atoms with van der Waals surface area (Å²) in [6.45, 7) is 2.13. The third-order valence-corrected chi connectivity index (χ3v) is 6.98. The van der Waals surface area contributed by atoms with Gasteiger partial charge in [-0.2, -0.15) is 0 Å². The number of aromatic amines is 1. The molecular weight excluding hydrogens is 356 g/mol. The van der Waals surface area contributed by atoms with Gasteiger partial charge in [0, 0.05) is 34.3 Å². The lowest BCUT2D eigenvalue weighted by atomic mass is 9.56. The molecule has 4 unspecified atom stereocenters. The Balaban J connectivity index is 1.84. The number of benzene rings is 1. The zero-order valence-corrected chi connectivity index (χ0v) is 16.3. The molecule has 4 aliphatic rings. The zero-order chi connectivity index (χ0) is 19.6. The molecule has 28 heavy (non-hydrogen) atoms. The highest BCUT2D eigenvalue weighted by molar-refractivity contribution is 5.99. The molecule has 1 saturated carbocycles. The Kier molecular flexibility index (Phi) is 3.63. The third kappa shape index (κ3) is 1.98. The monoisotopic (exact) mass is 380 g/mol. The van der Waals surface area contributed by atoms with Crippen LogP contribution in [-0.2, 0) is 19.7 Å². The molecule has 1 amide bonds. The minimum Gasteiger partial charge on any atom is -0.497 e. The second-order valence-corrected chi connectivity index (χ2v) is 8.10. The third-order valence-electron chi connectivity index (χ3n) is 6.98. The molecule has 0 radical (unpaired) electrons. The van der Waals surface area contributed by atoms with Crippen molar-refractivity contribution >= 4 is 28.9 Å². The standard InChI is InChI=1S/C22H24N2O4/c1-4-12-9-13-11-22(21(26)28-3)18-15(7-8-24(19(12)22)20(13)25)16-10-14(27-2)5-6-17(16)23-18/h5-8,10,12-13,19,23H,4,9,11H2,1-3H3. The predicted octanol–water partition coefficient (Wildman–Crippen LogP) is 3.22.